The molecule has 0 aromatic rings. The fourth-order valence-corrected chi connectivity index (χ4v) is 1.57. The highest BCUT2D eigenvalue weighted by atomic mass is 79.9. The highest BCUT2D eigenvalue weighted by molar-refractivity contribution is 9.10. The standard InChI is InChI=1S/C9H16BrNO2/c1-7(10)8(12)11-6-9(13-2)4-3-5-9/h7H,3-6H2,1-2H3,(H,11,12). The Kier molecular flexibility index (Phi) is 3.74. The lowest BCUT2D eigenvalue weighted by Gasteiger charge is -2.40. The normalized spacial score (nSPS) is 21.8. The van der Waals surface area contributed by atoms with Gasteiger partial charge in [0.05, 0.1) is 10.4 Å². The van der Waals surface area contributed by atoms with Crippen LogP contribution in [0.25, 0.3) is 0 Å². The second kappa shape index (κ2) is 4.42. The molecule has 0 radical (unpaired) electrons. The van der Waals surface area contributed by atoms with Crippen molar-refractivity contribution in [3.8, 4) is 0 Å². The Balaban J connectivity index is 2.28. The molecule has 13 heavy (non-hydrogen) atoms. The molecule has 0 bridgehead atoms. The van der Waals surface area contributed by atoms with Crippen LogP contribution in [0.5, 0.6) is 0 Å². The van der Waals surface area contributed by atoms with Gasteiger partial charge in [0.15, 0.2) is 0 Å². The van der Waals surface area contributed by atoms with Gasteiger partial charge in [0, 0.05) is 13.7 Å². The quantitative estimate of drug-likeness (QED) is 0.767. The minimum Gasteiger partial charge on any atom is -0.376 e. The predicted octanol–water partition coefficient (Wildman–Crippen LogP) is 1.46. The number of carbonyl (C=O) groups excluding carboxylic acids is 1. The lowest BCUT2D eigenvalue weighted by atomic mass is 9.80. The van der Waals surface area contributed by atoms with Gasteiger partial charge in [0.2, 0.25) is 5.91 Å². The smallest absolute Gasteiger partial charge is 0.233 e. The molecule has 1 unspecified atom stereocenters. The summed E-state index contributed by atoms with van der Waals surface area (Å²) in [5.41, 5.74) is -0.0719. The topological polar surface area (TPSA) is 38.3 Å². The van der Waals surface area contributed by atoms with Crippen molar-refractivity contribution in [3.63, 3.8) is 0 Å². The van der Waals surface area contributed by atoms with Gasteiger partial charge in [-0.1, -0.05) is 15.9 Å². The van der Waals surface area contributed by atoms with E-state index in [9.17, 15) is 4.79 Å². The second-order valence-electron chi connectivity index (χ2n) is 3.57. The summed E-state index contributed by atoms with van der Waals surface area (Å²) in [5.74, 6) is 0.0309. The SMILES string of the molecule is COC1(CNC(=O)C(C)Br)CCC1. The van der Waals surface area contributed by atoms with Crippen LogP contribution in [0.4, 0.5) is 0 Å². The third-order valence-corrected chi connectivity index (χ3v) is 3.06. The van der Waals surface area contributed by atoms with E-state index in [2.05, 4.69) is 21.2 Å². The first-order valence-corrected chi connectivity index (χ1v) is 5.48. The third kappa shape index (κ3) is 2.68. The predicted molar refractivity (Wildman–Crippen MR) is 55.0 cm³/mol. The average molecular weight is 250 g/mol. The summed E-state index contributed by atoms with van der Waals surface area (Å²) in [6, 6.07) is 0. The van der Waals surface area contributed by atoms with E-state index in [1.165, 1.54) is 6.42 Å². The fraction of sp³-hybridized carbons (Fsp3) is 0.889. The number of alkyl halides is 1. The van der Waals surface area contributed by atoms with Crippen molar-refractivity contribution in [2.45, 2.75) is 36.6 Å². The van der Waals surface area contributed by atoms with Gasteiger partial charge < -0.3 is 10.1 Å². The van der Waals surface area contributed by atoms with Crippen molar-refractivity contribution in [3.05, 3.63) is 0 Å². The average Bonchev–Trinajstić information content (AvgIpc) is 2.02. The molecule has 1 rings (SSSR count). The molecule has 1 aliphatic carbocycles. The number of methoxy groups -OCH3 is 1. The Morgan fingerprint density at radius 2 is 2.31 bits per heavy atom. The minimum atomic E-state index is -0.124. The van der Waals surface area contributed by atoms with Crippen LogP contribution in [0, 0.1) is 0 Å². The summed E-state index contributed by atoms with van der Waals surface area (Å²) in [4.78, 5) is 11.1. The van der Waals surface area contributed by atoms with Crippen molar-refractivity contribution in [1.82, 2.24) is 5.32 Å². The number of ether oxygens (including phenoxy) is 1. The van der Waals surface area contributed by atoms with Gasteiger partial charge in [-0.3, -0.25) is 4.79 Å². The lowest BCUT2D eigenvalue weighted by molar-refractivity contribution is -0.124. The van der Waals surface area contributed by atoms with Crippen LogP contribution < -0.4 is 5.32 Å². The van der Waals surface area contributed by atoms with Gasteiger partial charge in [0.1, 0.15) is 0 Å². The summed E-state index contributed by atoms with van der Waals surface area (Å²) in [7, 11) is 1.71. The summed E-state index contributed by atoms with van der Waals surface area (Å²) in [6.07, 6.45) is 3.31. The summed E-state index contributed by atoms with van der Waals surface area (Å²) >= 11 is 3.22. The van der Waals surface area contributed by atoms with Gasteiger partial charge in [-0.15, -0.1) is 0 Å². The van der Waals surface area contributed by atoms with E-state index in [4.69, 9.17) is 4.74 Å². The Labute approximate surface area is 87.3 Å². The first-order valence-electron chi connectivity index (χ1n) is 4.56. The van der Waals surface area contributed by atoms with Gasteiger partial charge >= 0.3 is 0 Å². The maximum Gasteiger partial charge on any atom is 0.233 e. The van der Waals surface area contributed by atoms with Crippen molar-refractivity contribution in [2.24, 2.45) is 0 Å². The molecule has 0 aromatic carbocycles. The van der Waals surface area contributed by atoms with Gasteiger partial charge in [-0.25, -0.2) is 0 Å². The first kappa shape index (κ1) is 11.0. The van der Waals surface area contributed by atoms with Crippen LogP contribution in [0.1, 0.15) is 26.2 Å². The van der Waals surface area contributed by atoms with E-state index in [1.807, 2.05) is 6.92 Å². The number of rotatable bonds is 4. The third-order valence-electron chi connectivity index (χ3n) is 2.64. The molecule has 0 heterocycles. The number of carbonyl (C=O) groups is 1. The molecule has 1 aliphatic rings. The Bertz CT molecular complexity index is 185. The molecule has 4 heteroatoms. The van der Waals surface area contributed by atoms with E-state index in [-0.39, 0.29) is 16.3 Å². The van der Waals surface area contributed by atoms with Crippen LogP contribution in [0.2, 0.25) is 0 Å². The zero-order valence-corrected chi connectivity index (χ0v) is 9.69. The molecule has 1 saturated carbocycles. The van der Waals surface area contributed by atoms with Gasteiger partial charge in [0.25, 0.3) is 0 Å². The van der Waals surface area contributed by atoms with Crippen LogP contribution in [0.3, 0.4) is 0 Å². The van der Waals surface area contributed by atoms with Gasteiger partial charge in [-0.2, -0.15) is 0 Å². The summed E-state index contributed by atoms with van der Waals surface area (Å²) < 4.78 is 5.37. The molecular weight excluding hydrogens is 234 g/mol. The lowest BCUT2D eigenvalue weighted by Crippen LogP contribution is -2.50. The molecule has 76 valence electrons. The van der Waals surface area contributed by atoms with Crippen LogP contribution in [-0.4, -0.2) is 30.0 Å². The number of halogens is 1. The van der Waals surface area contributed by atoms with E-state index in [1.54, 1.807) is 7.11 Å². The fourth-order valence-electron chi connectivity index (χ4n) is 1.41. The van der Waals surface area contributed by atoms with Crippen LogP contribution >= 0.6 is 15.9 Å². The Hall–Kier alpha value is -0.0900. The zero-order chi connectivity index (χ0) is 9.90. The minimum absolute atomic E-state index is 0.0309. The van der Waals surface area contributed by atoms with E-state index >= 15 is 0 Å². The maximum absolute atomic E-state index is 11.2. The number of amides is 1. The monoisotopic (exact) mass is 249 g/mol. The second-order valence-corrected chi connectivity index (χ2v) is 4.95. The van der Waals surface area contributed by atoms with Gasteiger partial charge in [-0.05, 0) is 26.2 Å². The molecule has 0 aliphatic heterocycles. The van der Waals surface area contributed by atoms with E-state index in [0.717, 1.165) is 12.8 Å². The highest BCUT2D eigenvalue weighted by Crippen LogP contribution is 2.34. The maximum atomic E-state index is 11.2. The Morgan fingerprint density at radius 1 is 1.69 bits per heavy atom. The first-order chi connectivity index (χ1) is 6.09. The zero-order valence-electron chi connectivity index (χ0n) is 8.10. The molecular formula is C9H16BrNO2. The summed E-state index contributed by atoms with van der Waals surface area (Å²) in [5, 5.41) is 2.86. The molecule has 3 nitrogen and oxygen atoms in total. The Morgan fingerprint density at radius 3 is 2.62 bits per heavy atom. The van der Waals surface area contributed by atoms with E-state index in [0.29, 0.717) is 6.54 Å². The molecule has 1 amide bonds. The van der Waals surface area contributed by atoms with Crippen molar-refractivity contribution < 1.29 is 9.53 Å². The summed E-state index contributed by atoms with van der Waals surface area (Å²) in [6.45, 7) is 2.45. The molecule has 0 spiro atoms. The van der Waals surface area contributed by atoms with Crippen molar-refractivity contribution in [1.29, 1.82) is 0 Å². The van der Waals surface area contributed by atoms with Crippen LogP contribution in [-0.2, 0) is 9.53 Å². The van der Waals surface area contributed by atoms with E-state index < -0.39 is 0 Å². The molecule has 0 aromatic heterocycles. The van der Waals surface area contributed by atoms with Crippen LogP contribution in [0.15, 0.2) is 0 Å². The molecule has 1 N–H and O–H groups in total. The molecule has 0 saturated heterocycles. The molecule has 1 fully saturated rings. The number of nitrogens with one attached hydrogen (secondary N) is 1. The number of hydrogen-bond donors (Lipinski definition) is 1. The number of hydrogen-bond acceptors (Lipinski definition) is 2. The van der Waals surface area contributed by atoms with Crippen molar-refractivity contribution in [2.75, 3.05) is 13.7 Å². The largest absolute Gasteiger partial charge is 0.376 e. The highest BCUT2D eigenvalue weighted by Gasteiger charge is 2.37. The molecule has 1 atom stereocenters. The van der Waals surface area contributed by atoms with Crippen molar-refractivity contribution >= 4 is 21.8 Å².